The number of nitrogens with zero attached hydrogens (tertiary/aromatic N) is 4. The van der Waals surface area contributed by atoms with E-state index in [4.69, 9.17) is 16.6 Å². The second-order valence-corrected chi connectivity index (χ2v) is 8.89. The van der Waals surface area contributed by atoms with Gasteiger partial charge < -0.3 is 0 Å². The minimum Gasteiger partial charge on any atom is -0.258 e. The molecule has 6 nitrogen and oxygen atoms in total. The summed E-state index contributed by atoms with van der Waals surface area (Å²) in [5.74, 6) is 0. The molecule has 2 heterocycles. The topological polar surface area (TPSA) is 72.8 Å². The van der Waals surface area contributed by atoms with Crippen molar-refractivity contribution in [3.63, 3.8) is 0 Å². The van der Waals surface area contributed by atoms with E-state index >= 15 is 0 Å². The molecular formula is C21H15ClN4O2S2. The number of nitro benzene ring substituents is 1. The van der Waals surface area contributed by atoms with Crippen molar-refractivity contribution in [2.45, 2.75) is 6.92 Å². The quantitative estimate of drug-likeness (QED) is 0.203. The fourth-order valence-electron chi connectivity index (χ4n) is 2.70. The van der Waals surface area contributed by atoms with Crippen LogP contribution in [0.25, 0.3) is 11.3 Å². The molecule has 0 fully saturated rings. The zero-order valence-electron chi connectivity index (χ0n) is 15.7. The molecule has 4 aromatic rings. The molecule has 0 N–H and O–H groups in total. The van der Waals surface area contributed by atoms with E-state index in [9.17, 15) is 10.1 Å². The second-order valence-electron chi connectivity index (χ2n) is 6.30. The summed E-state index contributed by atoms with van der Waals surface area (Å²) in [5, 5.41) is 18.2. The van der Waals surface area contributed by atoms with Crippen LogP contribution in [0.4, 0.5) is 11.4 Å². The molecule has 0 saturated carbocycles. The van der Waals surface area contributed by atoms with Gasteiger partial charge in [0.05, 0.1) is 22.5 Å². The van der Waals surface area contributed by atoms with E-state index in [1.54, 1.807) is 46.5 Å². The molecule has 9 heteroatoms. The highest BCUT2D eigenvalue weighted by Crippen LogP contribution is 2.24. The van der Waals surface area contributed by atoms with E-state index < -0.39 is 4.92 Å². The van der Waals surface area contributed by atoms with Crippen molar-refractivity contribution in [3.05, 3.63) is 95.7 Å². The number of benzene rings is 2. The highest BCUT2D eigenvalue weighted by atomic mass is 35.5. The van der Waals surface area contributed by atoms with Crippen LogP contribution in [0.1, 0.15) is 9.75 Å². The molecule has 150 valence electrons. The molecular weight excluding hydrogens is 440 g/mol. The zero-order chi connectivity index (χ0) is 21.1. The number of aromatic nitrogens is 1. The summed E-state index contributed by atoms with van der Waals surface area (Å²) in [6.45, 7) is 2.04. The third-order valence-electron chi connectivity index (χ3n) is 4.17. The molecule has 0 aliphatic heterocycles. The third kappa shape index (κ3) is 4.56. The molecule has 2 aromatic carbocycles. The van der Waals surface area contributed by atoms with Gasteiger partial charge in [-0.2, -0.15) is 5.10 Å². The maximum Gasteiger partial charge on any atom is 0.269 e. The average molecular weight is 455 g/mol. The predicted molar refractivity (Wildman–Crippen MR) is 123 cm³/mol. The number of thiophene rings is 1. The lowest BCUT2D eigenvalue weighted by molar-refractivity contribution is -0.384. The van der Waals surface area contributed by atoms with Crippen molar-refractivity contribution in [2.75, 3.05) is 0 Å². The van der Waals surface area contributed by atoms with Crippen molar-refractivity contribution < 1.29 is 4.92 Å². The Morgan fingerprint density at radius 1 is 1.07 bits per heavy atom. The SMILES string of the molecule is Cc1ccc(C=Nn2c(-c3ccc([N+](=O)[O-])cc3)csc2=Nc2ccc(Cl)cc2)s1. The molecule has 0 aliphatic carbocycles. The van der Waals surface area contributed by atoms with Crippen LogP contribution < -0.4 is 4.80 Å². The first kappa shape index (κ1) is 20.2. The van der Waals surface area contributed by atoms with Crippen LogP contribution in [0.5, 0.6) is 0 Å². The van der Waals surface area contributed by atoms with Gasteiger partial charge in [0, 0.05) is 37.9 Å². The van der Waals surface area contributed by atoms with Gasteiger partial charge in [-0.15, -0.1) is 22.7 Å². The first-order valence-electron chi connectivity index (χ1n) is 8.86. The Balaban J connectivity index is 1.81. The van der Waals surface area contributed by atoms with Gasteiger partial charge in [-0.25, -0.2) is 9.67 Å². The third-order valence-corrected chi connectivity index (χ3v) is 6.18. The van der Waals surface area contributed by atoms with E-state index in [0.717, 1.165) is 21.8 Å². The van der Waals surface area contributed by atoms with Gasteiger partial charge in [-0.1, -0.05) is 11.6 Å². The van der Waals surface area contributed by atoms with E-state index in [-0.39, 0.29) is 5.69 Å². The van der Waals surface area contributed by atoms with E-state index in [0.29, 0.717) is 9.82 Å². The summed E-state index contributed by atoms with van der Waals surface area (Å²) in [6, 6.07) is 17.7. The van der Waals surface area contributed by atoms with Gasteiger partial charge in [0.1, 0.15) is 0 Å². The average Bonchev–Trinajstić information content (AvgIpc) is 3.34. The minimum atomic E-state index is -0.413. The summed E-state index contributed by atoms with van der Waals surface area (Å²) in [7, 11) is 0. The highest BCUT2D eigenvalue weighted by Gasteiger charge is 2.11. The largest absolute Gasteiger partial charge is 0.269 e. The van der Waals surface area contributed by atoms with Crippen molar-refractivity contribution in [1.82, 2.24) is 4.68 Å². The number of rotatable bonds is 5. The van der Waals surface area contributed by atoms with Crippen LogP contribution in [0.2, 0.25) is 5.02 Å². The Bertz CT molecular complexity index is 1290. The van der Waals surface area contributed by atoms with Crippen LogP contribution in [0.15, 0.2) is 76.1 Å². The molecule has 0 radical (unpaired) electrons. The second kappa shape index (κ2) is 8.74. The van der Waals surface area contributed by atoms with Crippen LogP contribution in [0.3, 0.4) is 0 Å². The molecule has 0 saturated heterocycles. The van der Waals surface area contributed by atoms with Crippen molar-refractivity contribution in [2.24, 2.45) is 10.1 Å². The van der Waals surface area contributed by atoms with Gasteiger partial charge >= 0.3 is 0 Å². The maximum absolute atomic E-state index is 11.0. The first-order chi connectivity index (χ1) is 14.5. The normalized spacial score (nSPS) is 12.0. The lowest BCUT2D eigenvalue weighted by Crippen LogP contribution is -2.11. The van der Waals surface area contributed by atoms with Crippen molar-refractivity contribution >= 4 is 51.9 Å². The highest BCUT2D eigenvalue weighted by molar-refractivity contribution is 7.13. The number of nitro groups is 1. The minimum absolute atomic E-state index is 0.0455. The monoisotopic (exact) mass is 454 g/mol. The molecule has 30 heavy (non-hydrogen) atoms. The van der Waals surface area contributed by atoms with Gasteiger partial charge in [-0.3, -0.25) is 10.1 Å². The molecule has 2 aromatic heterocycles. The number of aryl methyl sites for hydroxylation is 1. The molecule has 0 bridgehead atoms. The number of thiazole rings is 1. The number of hydrogen-bond acceptors (Lipinski definition) is 6. The molecule has 0 atom stereocenters. The lowest BCUT2D eigenvalue weighted by atomic mass is 10.1. The standard InChI is InChI=1S/C21H15ClN4O2S2/c1-14-2-11-19(30-14)12-23-25-20(15-3-9-18(10-4-15)26(27)28)13-29-21(25)24-17-7-5-16(22)6-8-17/h2-13H,1H3. The van der Waals surface area contributed by atoms with Gasteiger partial charge in [0.15, 0.2) is 0 Å². The first-order valence-corrected chi connectivity index (χ1v) is 10.9. The Morgan fingerprint density at radius 2 is 1.80 bits per heavy atom. The Kier molecular flexibility index (Phi) is 5.89. The summed E-state index contributed by atoms with van der Waals surface area (Å²) in [5.41, 5.74) is 2.41. The van der Waals surface area contributed by atoms with E-state index in [2.05, 4.69) is 5.10 Å². The Morgan fingerprint density at radius 3 is 2.43 bits per heavy atom. The zero-order valence-corrected chi connectivity index (χ0v) is 18.1. The fraction of sp³-hybridized carbons (Fsp3) is 0.0476. The maximum atomic E-state index is 11.0. The molecule has 0 amide bonds. The lowest BCUT2D eigenvalue weighted by Gasteiger charge is -2.03. The van der Waals surface area contributed by atoms with Crippen molar-refractivity contribution in [1.29, 1.82) is 0 Å². The van der Waals surface area contributed by atoms with Gasteiger partial charge in [0.2, 0.25) is 4.80 Å². The van der Waals surface area contributed by atoms with Gasteiger partial charge in [0.25, 0.3) is 5.69 Å². The summed E-state index contributed by atoms with van der Waals surface area (Å²) in [4.78, 5) is 18.2. The number of hydrogen-bond donors (Lipinski definition) is 0. The van der Waals surface area contributed by atoms with Crippen molar-refractivity contribution in [3.8, 4) is 11.3 Å². The molecule has 0 aliphatic rings. The van der Waals surface area contributed by atoms with Gasteiger partial charge in [-0.05, 0) is 55.5 Å². The number of non-ortho nitro benzene ring substituents is 1. The van der Waals surface area contributed by atoms with Crippen LogP contribution in [-0.4, -0.2) is 15.8 Å². The predicted octanol–water partition coefficient (Wildman–Crippen LogP) is 6.26. The van der Waals surface area contributed by atoms with E-state index in [1.807, 2.05) is 36.6 Å². The van der Waals surface area contributed by atoms with Crippen LogP contribution in [-0.2, 0) is 0 Å². The molecule has 0 spiro atoms. The van der Waals surface area contributed by atoms with Crippen LogP contribution in [0, 0.1) is 17.0 Å². The smallest absolute Gasteiger partial charge is 0.258 e. The number of halogens is 1. The summed E-state index contributed by atoms with van der Waals surface area (Å²) < 4.78 is 1.75. The Hall–Kier alpha value is -3.07. The Labute approximate surface area is 185 Å². The fourth-order valence-corrected chi connectivity index (χ4v) is 4.43. The van der Waals surface area contributed by atoms with Crippen LogP contribution >= 0.6 is 34.3 Å². The molecule has 0 unspecified atom stereocenters. The summed E-state index contributed by atoms with van der Waals surface area (Å²) in [6.07, 6.45) is 1.79. The van der Waals surface area contributed by atoms with E-state index in [1.165, 1.54) is 28.3 Å². The molecule has 4 rings (SSSR count). The summed E-state index contributed by atoms with van der Waals surface area (Å²) >= 11 is 9.06.